The molecule has 146 valence electrons. The van der Waals surface area contributed by atoms with E-state index in [9.17, 15) is 4.79 Å². The summed E-state index contributed by atoms with van der Waals surface area (Å²) in [5.41, 5.74) is 2.35. The fourth-order valence-corrected chi connectivity index (χ4v) is 3.29. The van der Waals surface area contributed by atoms with Gasteiger partial charge >= 0.3 is 6.09 Å². The van der Waals surface area contributed by atoms with E-state index in [0.29, 0.717) is 18.0 Å². The number of hydrogen-bond donors (Lipinski definition) is 1. The lowest BCUT2D eigenvalue weighted by Gasteiger charge is -2.36. The van der Waals surface area contributed by atoms with E-state index in [1.165, 1.54) is 0 Å². The van der Waals surface area contributed by atoms with Crippen molar-refractivity contribution in [2.24, 2.45) is 0 Å². The number of anilines is 1. The van der Waals surface area contributed by atoms with Crippen molar-refractivity contribution in [1.29, 1.82) is 0 Å². The fraction of sp³-hybridized carbons (Fsp3) is 0.429. The van der Waals surface area contributed by atoms with Crippen molar-refractivity contribution in [3.63, 3.8) is 0 Å². The van der Waals surface area contributed by atoms with Gasteiger partial charge in [0.2, 0.25) is 0 Å². The summed E-state index contributed by atoms with van der Waals surface area (Å²) in [5, 5.41) is 2.94. The number of nitrogens with one attached hydrogen (secondary N) is 1. The Hall–Kier alpha value is -2.18. The monoisotopic (exact) mass is 386 g/mol. The quantitative estimate of drug-likeness (QED) is 0.660. The van der Waals surface area contributed by atoms with Gasteiger partial charge in [-0.25, -0.2) is 4.79 Å². The summed E-state index contributed by atoms with van der Waals surface area (Å²) in [6, 6.07) is 12.7. The standard InChI is InChI=1S/C21H30N2O3Si/c1-16-19(23-20(24)26-18-10-8-7-9-11-18)13-12-17(22-16)14-15-25-27(5,6)21(2,3)4/h7-13H,14-15H2,1-6H3,(H,23,24). The topological polar surface area (TPSA) is 60.5 Å². The molecular weight excluding hydrogens is 356 g/mol. The highest BCUT2D eigenvalue weighted by molar-refractivity contribution is 6.74. The van der Waals surface area contributed by atoms with Crippen LogP contribution >= 0.6 is 0 Å². The first-order valence-corrected chi connectivity index (χ1v) is 12.1. The van der Waals surface area contributed by atoms with Gasteiger partial charge in [0.15, 0.2) is 8.32 Å². The molecule has 5 nitrogen and oxygen atoms in total. The Bertz CT molecular complexity index is 771. The molecule has 2 aromatic rings. The molecule has 0 saturated heterocycles. The minimum atomic E-state index is -1.74. The number of rotatable bonds is 6. The zero-order valence-corrected chi connectivity index (χ0v) is 18.1. The Balaban J connectivity index is 1.90. The van der Waals surface area contributed by atoms with Crippen molar-refractivity contribution in [2.45, 2.75) is 52.2 Å². The van der Waals surface area contributed by atoms with Gasteiger partial charge in [0.05, 0.1) is 11.4 Å². The van der Waals surface area contributed by atoms with Crippen LogP contribution in [0.2, 0.25) is 18.1 Å². The van der Waals surface area contributed by atoms with Crippen molar-refractivity contribution >= 4 is 20.1 Å². The average Bonchev–Trinajstić information content (AvgIpc) is 2.57. The fourth-order valence-electron chi connectivity index (χ4n) is 2.24. The van der Waals surface area contributed by atoms with Crippen molar-refractivity contribution in [3.05, 3.63) is 53.9 Å². The van der Waals surface area contributed by atoms with Crippen molar-refractivity contribution in [3.8, 4) is 5.75 Å². The zero-order chi connectivity index (χ0) is 20.1. The minimum Gasteiger partial charge on any atom is -0.416 e. The van der Waals surface area contributed by atoms with Crippen LogP contribution in [0.1, 0.15) is 32.2 Å². The number of benzene rings is 1. The molecule has 0 saturated carbocycles. The maximum atomic E-state index is 12.0. The molecule has 1 aromatic heterocycles. The maximum Gasteiger partial charge on any atom is 0.417 e. The Morgan fingerprint density at radius 1 is 1.11 bits per heavy atom. The zero-order valence-electron chi connectivity index (χ0n) is 17.1. The number of aromatic nitrogens is 1. The van der Waals surface area contributed by atoms with Crippen LogP contribution in [0.25, 0.3) is 0 Å². The lowest BCUT2D eigenvalue weighted by atomic mass is 10.2. The Labute approximate surface area is 163 Å². The summed E-state index contributed by atoms with van der Waals surface area (Å²) in [5.74, 6) is 0.500. The van der Waals surface area contributed by atoms with Gasteiger partial charge in [0, 0.05) is 18.7 Å². The van der Waals surface area contributed by atoms with E-state index in [-0.39, 0.29) is 5.04 Å². The smallest absolute Gasteiger partial charge is 0.416 e. The Kier molecular flexibility index (Phi) is 6.78. The summed E-state index contributed by atoms with van der Waals surface area (Å²) in [6.07, 6.45) is 0.224. The lowest BCUT2D eigenvalue weighted by molar-refractivity contribution is 0.215. The molecule has 1 amide bonds. The van der Waals surface area contributed by atoms with Crippen LogP contribution in [0.15, 0.2) is 42.5 Å². The van der Waals surface area contributed by atoms with Gasteiger partial charge in [-0.3, -0.25) is 10.3 Å². The van der Waals surface area contributed by atoms with E-state index in [1.54, 1.807) is 12.1 Å². The third-order valence-electron chi connectivity index (χ3n) is 4.96. The molecule has 0 aliphatic carbocycles. The van der Waals surface area contributed by atoms with Crippen LogP contribution in [0.4, 0.5) is 10.5 Å². The third-order valence-corrected chi connectivity index (χ3v) is 9.50. The van der Waals surface area contributed by atoms with Crippen LogP contribution in [0, 0.1) is 6.92 Å². The van der Waals surface area contributed by atoms with E-state index >= 15 is 0 Å². The molecule has 0 atom stereocenters. The second-order valence-electron chi connectivity index (χ2n) is 8.12. The number of carbonyl (C=O) groups excluding carboxylic acids is 1. The molecule has 1 heterocycles. The van der Waals surface area contributed by atoms with Gasteiger partial charge in [-0.2, -0.15) is 0 Å². The van der Waals surface area contributed by atoms with Gasteiger partial charge in [0.1, 0.15) is 5.75 Å². The summed E-state index contributed by atoms with van der Waals surface area (Å²) in [7, 11) is -1.74. The maximum absolute atomic E-state index is 12.0. The van der Waals surface area contributed by atoms with E-state index in [0.717, 1.165) is 17.8 Å². The molecule has 6 heteroatoms. The number of ether oxygens (including phenoxy) is 1. The molecule has 0 aliphatic heterocycles. The second-order valence-corrected chi connectivity index (χ2v) is 12.9. The normalized spacial score (nSPS) is 11.9. The summed E-state index contributed by atoms with van der Waals surface area (Å²) < 4.78 is 11.5. The number of para-hydroxylation sites is 1. The molecular formula is C21H30N2O3Si. The first kappa shape index (κ1) is 21.1. The molecule has 0 radical (unpaired) electrons. The van der Waals surface area contributed by atoms with E-state index in [1.807, 2.05) is 37.3 Å². The van der Waals surface area contributed by atoms with Gasteiger partial charge in [-0.05, 0) is 49.3 Å². The molecule has 0 fully saturated rings. The summed E-state index contributed by atoms with van der Waals surface area (Å²) in [6.45, 7) is 13.7. The number of aryl methyl sites for hydroxylation is 1. The van der Waals surface area contributed by atoms with Crippen molar-refractivity contribution in [1.82, 2.24) is 4.98 Å². The van der Waals surface area contributed by atoms with Crippen LogP contribution in [-0.2, 0) is 10.8 Å². The molecule has 1 N–H and O–H groups in total. The first-order chi connectivity index (χ1) is 12.6. The second kappa shape index (κ2) is 8.67. The van der Waals surface area contributed by atoms with Gasteiger partial charge in [-0.1, -0.05) is 39.0 Å². The van der Waals surface area contributed by atoms with E-state index in [2.05, 4.69) is 44.2 Å². The summed E-state index contributed by atoms with van der Waals surface area (Å²) in [4.78, 5) is 16.6. The highest BCUT2D eigenvalue weighted by Crippen LogP contribution is 2.36. The van der Waals surface area contributed by atoms with Crippen LogP contribution < -0.4 is 10.1 Å². The van der Waals surface area contributed by atoms with Crippen LogP contribution in [0.3, 0.4) is 0 Å². The number of hydrogen-bond acceptors (Lipinski definition) is 4. The van der Waals surface area contributed by atoms with Crippen molar-refractivity contribution < 1.29 is 14.0 Å². The molecule has 27 heavy (non-hydrogen) atoms. The SMILES string of the molecule is Cc1nc(CCO[Si](C)(C)C(C)(C)C)ccc1NC(=O)Oc1ccccc1. The molecule has 2 rings (SSSR count). The largest absolute Gasteiger partial charge is 0.417 e. The molecule has 0 aliphatic rings. The third kappa shape index (κ3) is 6.18. The molecule has 0 spiro atoms. The minimum absolute atomic E-state index is 0.198. The number of pyridine rings is 1. The summed E-state index contributed by atoms with van der Waals surface area (Å²) >= 11 is 0. The lowest BCUT2D eigenvalue weighted by Crippen LogP contribution is -2.41. The van der Waals surface area contributed by atoms with E-state index < -0.39 is 14.4 Å². The number of amides is 1. The number of carbonyl (C=O) groups is 1. The molecule has 0 bridgehead atoms. The van der Waals surface area contributed by atoms with Crippen LogP contribution in [0.5, 0.6) is 5.75 Å². The van der Waals surface area contributed by atoms with Gasteiger partial charge in [0.25, 0.3) is 0 Å². The predicted octanol–water partition coefficient (Wildman–Crippen LogP) is 5.57. The van der Waals surface area contributed by atoms with Crippen molar-refractivity contribution in [2.75, 3.05) is 11.9 Å². The Morgan fingerprint density at radius 2 is 1.78 bits per heavy atom. The average molecular weight is 387 g/mol. The first-order valence-electron chi connectivity index (χ1n) is 9.23. The van der Waals surface area contributed by atoms with Gasteiger partial charge < -0.3 is 9.16 Å². The number of nitrogens with zero attached hydrogens (tertiary/aromatic N) is 1. The van der Waals surface area contributed by atoms with E-state index in [4.69, 9.17) is 9.16 Å². The highest BCUT2D eigenvalue weighted by Gasteiger charge is 2.36. The Morgan fingerprint density at radius 3 is 2.37 bits per heavy atom. The highest BCUT2D eigenvalue weighted by atomic mass is 28.4. The van der Waals surface area contributed by atoms with Gasteiger partial charge in [-0.15, -0.1) is 0 Å². The molecule has 0 unspecified atom stereocenters. The predicted molar refractivity (Wildman–Crippen MR) is 112 cm³/mol. The molecule has 1 aromatic carbocycles. The van der Waals surface area contributed by atoms with Crippen LogP contribution in [-0.4, -0.2) is 26.0 Å².